The number of carbonyl (C=O) groups is 1. The molecular formula is C22H34N4O. The third kappa shape index (κ3) is 5.31. The number of nitrogens with one attached hydrogen (secondary N) is 2. The van der Waals surface area contributed by atoms with Crippen molar-refractivity contribution in [1.29, 1.82) is 0 Å². The predicted molar refractivity (Wildman–Crippen MR) is 109 cm³/mol. The number of hydrogen-bond acceptors (Lipinski definition) is 4. The second kappa shape index (κ2) is 9.18. The summed E-state index contributed by atoms with van der Waals surface area (Å²) in [6.45, 7) is 7.05. The highest BCUT2D eigenvalue weighted by Gasteiger charge is 2.39. The van der Waals surface area contributed by atoms with E-state index in [1.165, 1.54) is 37.9 Å². The van der Waals surface area contributed by atoms with E-state index in [4.69, 9.17) is 0 Å². The number of benzene rings is 1. The molecule has 1 aliphatic carbocycles. The van der Waals surface area contributed by atoms with Gasteiger partial charge < -0.3 is 20.4 Å². The van der Waals surface area contributed by atoms with Crippen molar-refractivity contribution in [2.75, 3.05) is 45.8 Å². The zero-order valence-corrected chi connectivity index (χ0v) is 16.4. The number of carbonyl (C=O) groups excluding carboxylic acids is 1. The van der Waals surface area contributed by atoms with Crippen LogP contribution in [0.1, 0.15) is 43.6 Å². The van der Waals surface area contributed by atoms with Crippen LogP contribution >= 0.6 is 0 Å². The average Bonchev–Trinajstić information content (AvgIpc) is 3.50. The average molecular weight is 371 g/mol. The zero-order chi connectivity index (χ0) is 18.5. The van der Waals surface area contributed by atoms with E-state index < -0.39 is 0 Å². The van der Waals surface area contributed by atoms with Crippen LogP contribution in [0.15, 0.2) is 30.3 Å². The molecule has 1 saturated carbocycles. The molecule has 2 aliphatic heterocycles. The van der Waals surface area contributed by atoms with Crippen LogP contribution in [0.2, 0.25) is 0 Å². The minimum absolute atomic E-state index is 0.341. The summed E-state index contributed by atoms with van der Waals surface area (Å²) in [6, 6.07) is 12.3. The molecule has 2 N–H and O–H groups in total. The fourth-order valence-electron chi connectivity index (χ4n) is 4.60. The van der Waals surface area contributed by atoms with Gasteiger partial charge in [-0.1, -0.05) is 30.3 Å². The highest BCUT2D eigenvalue weighted by atomic mass is 16.2. The van der Waals surface area contributed by atoms with E-state index in [2.05, 4.69) is 45.9 Å². The Morgan fingerprint density at radius 1 is 1.07 bits per heavy atom. The minimum Gasteiger partial charge on any atom is -0.340 e. The summed E-state index contributed by atoms with van der Waals surface area (Å²) in [7, 11) is 0. The molecule has 3 aliphatic rings. The number of piperidine rings is 1. The number of rotatable bonds is 7. The molecule has 5 heteroatoms. The number of piperazine rings is 1. The first-order chi connectivity index (χ1) is 13.3. The van der Waals surface area contributed by atoms with Crippen molar-refractivity contribution in [1.82, 2.24) is 20.4 Å². The molecule has 2 atom stereocenters. The van der Waals surface area contributed by atoms with Gasteiger partial charge in [-0.15, -0.1) is 0 Å². The van der Waals surface area contributed by atoms with E-state index in [0.717, 1.165) is 45.1 Å². The van der Waals surface area contributed by atoms with Crippen LogP contribution in [0.25, 0.3) is 0 Å². The molecule has 0 aromatic heterocycles. The predicted octanol–water partition coefficient (Wildman–Crippen LogP) is 1.81. The topological polar surface area (TPSA) is 47.6 Å². The van der Waals surface area contributed by atoms with Crippen LogP contribution in [0.3, 0.4) is 0 Å². The number of hydrogen-bond donors (Lipinski definition) is 2. The van der Waals surface area contributed by atoms with Crippen molar-refractivity contribution in [3.8, 4) is 0 Å². The molecule has 1 aromatic rings. The van der Waals surface area contributed by atoms with Gasteiger partial charge in [0.25, 0.3) is 0 Å². The molecule has 0 bridgehead atoms. The van der Waals surface area contributed by atoms with Gasteiger partial charge in [0, 0.05) is 50.6 Å². The Labute approximate surface area is 163 Å². The van der Waals surface area contributed by atoms with E-state index in [0.29, 0.717) is 24.4 Å². The summed E-state index contributed by atoms with van der Waals surface area (Å²) in [5, 5.41) is 7.19. The van der Waals surface area contributed by atoms with Gasteiger partial charge in [-0.25, -0.2) is 0 Å². The zero-order valence-electron chi connectivity index (χ0n) is 16.4. The van der Waals surface area contributed by atoms with Gasteiger partial charge in [-0.2, -0.15) is 0 Å². The summed E-state index contributed by atoms with van der Waals surface area (Å²) < 4.78 is 0. The van der Waals surface area contributed by atoms with E-state index in [1.807, 2.05) is 4.90 Å². The van der Waals surface area contributed by atoms with Gasteiger partial charge >= 0.3 is 0 Å². The fourth-order valence-corrected chi connectivity index (χ4v) is 4.60. The SMILES string of the molecule is O=C(CCCN1CCC(N[C@@H]2C[C@H]2c2ccccc2)CC1)N1CCNCC1. The third-order valence-corrected chi connectivity index (χ3v) is 6.39. The molecule has 3 fully saturated rings. The maximum Gasteiger partial charge on any atom is 0.222 e. The molecule has 5 nitrogen and oxygen atoms in total. The lowest BCUT2D eigenvalue weighted by Crippen LogP contribution is -2.46. The fraction of sp³-hybridized carbons (Fsp3) is 0.682. The van der Waals surface area contributed by atoms with Crippen molar-refractivity contribution >= 4 is 5.91 Å². The van der Waals surface area contributed by atoms with E-state index in [9.17, 15) is 4.79 Å². The molecule has 0 radical (unpaired) electrons. The number of amides is 1. The first-order valence-corrected chi connectivity index (χ1v) is 10.8. The molecule has 0 unspecified atom stereocenters. The maximum absolute atomic E-state index is 12.2. The normalized spacial score (nSPS) is 26.9. The molecule has 2 heterocycles. The lowest BCUT2D eigenvalue weighted by molar-refractivity contribution is -0.131. The summed E-state index contributed by atoms with van der Waals surface area (Å²) >= 11 is 0. The molecule has 27 heavy (non-hydrogen) atoms. The van der Waals surface area contributed by atoms with Crippen molar-refractivity contribution in [3.05, 3.63) is 35.9 Å². The number of nitrogens with zero attached hydrogens (tertiary/aromatic N) is 2. The Kier molecular flexibility index (Phi) is 6.43. The monoisotopic (exact) mass is 370 g/mol. The largest absolute Gasteiger partial charge is 0.340 e. The van der Waals surface area contributed by atoms with Crippen molar-refractivity contribution in [3.63, 3.8) is 0 Å². The summed E-state index contributed by atoms with van der Waals surface area (Å²) in [5.41, 5.74) is 1.49. The molecule has 148 valence electrons. The second-order valence-electron chi connectivity index (χ2n) is 8.38. The highest BCUT2D eigenvalue weighted by Crippen LogP contribution is 2.41. The van der Waals surface area contributed by atoms with Crippen molar-refractivity contribution in [2.45, 2.75) is 50.1 Å². The van der Waals surface area contributed by atoms with Crippen molar-refractivity contribution in [2.24, 2.45) is 0 Å². The first kappa shape index (κ1) is 18.9. The number of likely N-dealkylation sites (tertiary alicyclic amines) is 1. The van der Waals surface area contributed by atoms with E-state index in [1.54, 1.807) is 0 Å². The molecular weight excluding hydrogens is 336 g/mol. The van der Waals surface area contributed by atoms with Crippen LogP contribution in [0.5, 0.6) is 0 Å². The Balaban J connectivity index is 1.09. The maximum atomic E-state index is 12.2. The second-order valence-corrected chi connectivity index (χ2v) is 8.38. The Morgan fingerprint density at radius 2 is 1.81 bits per heavy atom. The lowest BCUT2D eigenvalue weighted by atomic mass is 10.0. The van der Waals surface area contributed by atoms with E-state index >= 15 is 0 Å². The van der Waals surface area contributed by atoms with Gasteiger partial charge in [0.05, 0.1) is 0 Å². The molecule has 1 aromatic carbocycles. The molecule has 1 amide bonds. The van der Waals surface area contributed by atoms with Gasteiger partial charge in [-0.05, 0) is 50.9 Å². The molecule has 2 saturated heterocycles. The highest BCUT2D eigenvalue weighted by molar-refractivity contribution is 5.76. The minimum atomic E-state index is 0.341. The van der Waals surface area contributed by atoms with Gasteiger partial charge in [0.1, 0.15) is 0 Å². The Bertz CT molecular complexity index is 594. The Hall–Kier alpha value is -1.43. The van der Waals surface area contributed by atoms with Crippen LogP contribution in [0, 0.1) is 0 Å². The van der Waals surface area contributed by atoms with Crippen LogP contribution in [-0.2, 0) is 4.79 Å². The van der Waals surface area contributed by atoms with E-state index in [-0.39, 0.29) is 0 Å². The summed E-state index contributed by atoms with van der Waals surface area (Å²) in [6.07, 6.45) is 5.48. The third-order valence-electron chi connectivity index (χ3n) is 6.39. The molecule has 4 rings (SSSR count). The summed E-state index contributed by atoms with van der Waals surface area (Å²) in [5.74, 6) is 1.06. The van der Waals surface area contributed by atoms with Gasteiger partial charge in [0.2, 0.25) is 5.91 Å². The quantitative estimate of drug-likeness (QED) is 0.769. The molecule has 0 spiro atoms. The summed E-state index contributed by atoms with van der Waals surface area (Å²) in [4.78, 5) is 16.8. The smallest absolute Gasteiger partial charge is 0.222 e. The first-order valence-electron chi connectivity index (χ1n) is 10.8. The lowest BCUT2D eigenvalue weighted by Gasteiger charge is -2.33. The standard InChI is InChI=1S/C22H34N4O/c27-22(26-15-10-23-11-16-26)7-4-12-25-13-8-19(9-14-25)24-21-17-20(21)18-5-2-1-3-6-18/h1-3,5-6,19-21,23-24H,4,7-17H2/t20-,21+/m0/s1. The van der Waals surface area contributed by atoms with Crippen LogP contribution < -0.4 is 10.6 Å². The van der Waals surface area contributed by atoms with Crippen molar-refractivity contribution < 1.29 is 4.79 Å². The van der Waals surface area contributed by atoms with Gasteiger partial charge in [-0.3, -0.25) is 4.79 Å². The van der Waals surface area contributed by atoms with Gasteiger partial charge in [0.15, 0.2) is 0 Å². The van der Waals surface area contributed by atoms with Crippen LogP contribution in [-0.4, -0.2) is 73.6 Å². The Morgan fingerprint density at radius 3 is 2.56 bits per heavy atom. The van der Waals surface area contributed by atoms with Crippen LogP contribution in [0.4, 0.5) is 0 Å².